The van der Waals surface area contributed by atoms with Gasteiger partial charge >= 0.3 is 12.1 Å². The summed E-state index contributed by atoms with van der Waals surface area (Å²) in [5.74, 6) is 0.435. The van der Waals surface area contributed by atoms with Crippen LogP contribution < -0.4 is 9.64 Å². The lowest BCUT2D eigenvalue weighted by atomic mass is 9.85. The van der Waals surface area contributed by atoms with Crippen molar-refractivity contribution in [1.29, 1.82) is 0 Å². The van der Waals surface area contributed by atoms with E-state index in [1.165, 1.54) is 7.11 Å². The second-order valence-corrected chi connectivity index (χ2v) is 9.79. The van der Waals surface area contributed by atoms with Crippen molar-refractivity contribution >= 4 is 28.8 Å². The van der Waals surface area contributed by atoms with Gasteiger partial charge in [0.15, 0.2) is 11.9 Å². The fourth-order valence-electron chi connectivity index (χ4n) is 5.72. The minimum absolute atomic E-state index is 0.0306. The van der Waals surface area contributed by atoms with E-state index in [0.29, 0.717) is 18.6 Å². The quantitative estimate of drug-likeness (QED) is 0.515. The standard InChI is InChI=1S/C27H32N4O5/c1-16-6-11-21-22(30(16)27(34)35-3)12-13-23-24(21)29-25(17(2)36-20-5-4-14-28-15-20)31(23)19-9-7-18(8-10-19)26(32)33/h4-5,12-19H,6-11H2,1-3H3,(H,32,33)/t16-,17-,18?,19?/m0/s1. The number of hydrogen-bond acceptors (Lipinski definition) is 6. The summed E-state index contributed by atoms with van der Waals surface area (Å²) in [6.07, 6.45) is 7.07. The number of aromatic nitrogens is 3. The summed E-state index contributed by atoms with van der Waals surface area (Å²) < 4.78 is 13.6. The molecule has 3 heterocycles. The normalized spacial score (nSPS) is 22.6. The number of methoxy groups -OCH3 is 1. The summed E-state index contributed by atoms with van der Waals surface area (Å²) in [7, 11) is 1.40. The summed E-state index contributed by atoms with van der Waals surface area (Å²) in [6.45, 7) is 4.00. The molecule has 9 nitrogen and oxygen atoms in total. The zero-order valence-corrected chi connectivity index (χ0v) is 20.9. The second kappa shape index (κ2) is 9.79. The Balaban J connectivity index is 1.60. The van der Waals surface area contributed by atoms with Crippen LogP contribution in [0.5, 0.6) is 5.75 Å². The number of amides is 1. The number of carbonyl (C=O) groups excluding carboxylic acids is 1. The lowest BCUT2D eigenvalue weighted by molar-refractivity contribution is -0.143. The van der Waals surface area contributed by atoms with Crippen molar-refractivity contribution in [2.45, 2.75) is 70.6 Å². The molecule has 2 aromatic heterocycles. The van der Waals surface area contributed by atoms with Crippen LogP contribution in [0.2, 0.25) is 0 Å². The molecule has 1 aliphatic heterocycles. The fourth-order valence-corrected chi connectivity index (χ4v) is 5.72. The SMILES string of the molecule is COC(=O)N1c2ccc3c(nc([C@H](C)Oc4cccnc4)n3C3CCC(C(=O)O)CC3)c2CC[C@@H]1C. The molecule has 1 amide bonds. The van der Waals surface area contributed by atoms with Gasteiger partial charge in [-0.05, 0) is 76.6 Å². The first-order valence-electron chi connectivity index (χ1n) is 12.6. The van der Waals surface area contributed by atoms with Crippen molar-refractivity contribution < 1.29 is 24.2 Å². The van der Waals surface area contributed by atoms with E-state index in [1.54, 1.807) is 17.3 Å². The van der Waals surface area contributed by atoms with Crippen molar-refractivity contribution in [3.63, 3.8) is 0 Å². The fraction of sp³-hybridized carbons (Fsp3) is 0.481. The third-order valence-electron chi connectivity index (χ3n) is 7.58. The maximum atomic E-state index is 12.6. The molecule has 3 aromatic rings. The highest BCUT2D eigenvalue weighted by Crippen LogP contribution is 2.41. The first-order chi connectivity index (χ1) is 17.4. The van der Waals surface area contributed by atoms with Gasteiger partial charge in [0.2, 0.25) is 0 Å². The highest BCUT2D eigenvalue weighted by molar-refractivity contribution is 5.95. The minimum Gasteiger partial charge on any atom is -0.481 e. The van der Waals surface area contributed by atoms with Crippen molar-refractivity contribution in [3.05, 3.63) is 48.0 Å². The Labute approximate surface area is 210 Å². The van der Waals surface area contributed by atoms with Crippen LogP contribution in [0, 0.1) is 5.92 Å². The monoisotopic (exact) mass is 492 g/mol. The summed E-state index contributed by atoms with van der Waals surface area (Å²) in [5.41, 5.74) is 3.72. The number of carbonyl (C=O) groups is 2. The Kier molecular flexibility index (Phi) is 6.55. The van der Waals surface area contributed by atoms with E-state index in [2.05, 4.69) is 9.55 Å². The highest BCUT2D eigenvalue weighted by atomic mass is 16.5. The molecule has 5 rings (SSSR count). The maximum absolute atomic E-state index is 12.6. The molecule has 0 unspecified atom stereocenters. The zero-order valence-electron chi connectivity index (χ0n) is 20.9. The molecular formula is C27H32N4O5. The first-order valence-corrected chi connectivity index (χ1v) is 12.6. The van der Waals surface area contributed by atoms with Crippen molar-refractivity contribution in [1.82, 2.24) is 14.5 Å². The number of hydrogen-bond donors (Lipinski definition) is 1. The molecule has 9 heteroatoms. The van der Waals surface area contributed by atoms with Crippen molar-refractivity contribution in [2.24, 2.45) is 5.92 Å². The molecule has 0 saturated heterocycles. The van der Waals surface area contributed by atoms with Gasteiger partial charge < -0.3 is 19.1 Å². The van der Waals surface area contributed by atoms with Crippen molar-refractivity contribution in [3.8, 4) is 5.75 Å². The predicted molar refractivity (Wildman–Crippen MR) is 134 cm³/mol. The molecule has 2 aliphatic rings. The number of carboxylic acids is 1. The van der Waals surface area contributed by atoms with E-state index in [9.17, 15) is 14.7 Å². The number of imidazole rings is 1. The molecule has 1 N–H and O–H groups in total. The molecule has 0 radical (unpaired) electrons. The molecule has 190 valence electrons. The third kappa shape index (κ3) is 4.27. The Hall–Kier alpha value is -3.62. The smallest absolute Gasteiger partial charge is 0.414 e. The second-order valence-electron chi connectivity index (χ2n) is 9.79. The van der Waals surface area contributed by atoms with Crippen LogP contribution in [0.4, 0.5) is 10.5 Å². The van der Waals surface area contributed by atoms with E-state index in [-0.39, 0.29) is 30.2 Å². The summed E-state index contributed by atoms with van der Waals surface area (Å²) in [5, 5.41) is 9.49. The Morgan fingerprint density at radius 2 is 1.92 bits per heavy atom. The molecule has 2 atom stereocenters. The Morgan fingerprint density at radius 3 is 2.58 bits per heavy atom. The Bertz CT molecular complexity index is 1270. The number of carboxylic acid groups (broad SMARTS) is 1. The average Bonchev–Trinajstić information content (AvgIpc) is 3.29. The molecule has 1 aromatic carbocycles. The van der Waals surface area contributed by atoms with Gasteiger partial charge in [0.1, 0.15) is 5.75 Å². The average molecular weight is 493 g/mol. The number of anilines is 1. The largest absolute Gasteiger partial charge is 0.481 e. The van der Waals surface area contributed by atoms with Gasteiger partial charge in [-0.2, -0.15) is 0 Å². The van der Waals surface area contributed by atoms with Crippen LogP contribution in [0.25, 0.3) is 11.0 Å². The number of aliphatic carboxylic acids is 1. The van der Waals surface area contributed by atoms with Gasteiger partial charge in [-0.3, -0.25) is 14.7 Å². The minimum atomic E-state index is -0.719. The molecule has 36 heavy (non-hydrogen) atoms. The topological polar surface area (TPSA) is 107 Å². The molecule has 1 saturated carbocycles. The number of benzene rings is 1. The maximum Gasteiger partial charge on any atom is 0.414 e. The van der Waals surface area contributed by atoms with Crippen molar-refractivity contribution in [2.75, 3.05) is 12.0 Å². The lowest BCUT2D eigenvalue weighted by Crippen LogP contribution is -2.42. The molecule has 1 fully saturated rings. The summed E-state index contributed by atoms with van der Waals surface area (Å²) >= 11 is 0. The number of aryl methyl sites for hydroxylation is 1. The predicted octanol–water partition coefficient (Wildman–Crippen LogP) is 5.29. The lowest BCUT2D eigenvalue weighted by Gasteiger charge is -2.34. The third-order valence-corrected chi connectivity index (χ3v) is 7.58. The molecular weight excluding hydrogens is 460 g/mol. The van der Waals surface area contributed by atoms with Gasteiger partial charge in [-0.1, -0.05) is 0 Å². The van der Waals surface area contributed by atoms with E-state index in [4.69, 9.17) is 14.5 Å². The zero-order chi connectivity index (χ0) is 25.4. The van der Waals surface area contributed by atoms with E-state index < -0.39 is 5.97 Å². The van der Waals surface area contributed by atoms with Gasteiger partial charge in [0.25, 0.3) is 0 Å². The number of rotatable bonds is 5. The first kappa shape index (κ1) is 24.1. The number of pyridine rings is 1. The summed E-state index contributed by atoms with van der Waals surface area (Å²) in [6, 6.07) is 7.87. The highest BCUT2D eigenvalue weighted by Gasteiger charge is 2.34. The van der Waals surface area contributed by atoms with Crippen LogP contribution in [-0.4, -0.2) is 44.9 Å². The Morgan fingerprint density at radius 1 is 1.14 bits per heavy atom. The summed E-state index contributed by atoms with van der Waals surface area (Å²) in [4.78, 5) is 35.1. The van der Waals surface area contributed by atoms with Gasteiger partial charge in [0.05, 0.1) is 35.9 Å². The van der Waals surface area contributed by atoms with E-state index in [0.717, 1.165) is 53.8 Å². The van der Waals surface area contributed by atoms with E-state index in [1.807, 2.05) is 38.1 Å². The van der Waals surface area contributed by atoms with Crippen LogP contribution in [0.3, 0.4) is 0 Å². The van der Waals surface area contributed by atoms with Gasteiger partial charge in [-0.25, -0.2) is 9.78 Å². The number of ether oxygens (including phenoxy) is 2. The van der Waals surface area contributed by atoms with Crippen LogP contribution in [0.1, 0.15) is 69.5 Å². The van der Waals surface area contributed by atoms with Crippen LogP contribution >= 0.6 is 0 Å². The van der Waals surface area contributed by atoms with Crippen LogP contribution in [-0.2, 0) is 16.0 Å². The van der Waals surface area contributed by atoms with E-state index >= 15 is 0 Å². The molecule has 1 aliphatic carbocycles. The van der Waals surface area contributed by atoms with Gasteiger partial charge in [-0.15, -0.1) is 0 Å². The molecule has 0 bridgehead atoms. The number of nitrogens with zero attached hydrogens (tertiary/aromatic N) is 4. The molecule has 0 spiro atoms. The van der Waals surface area contributed by atoms with Crippen LogP contribution in [0.15, 0.2) is 36.7 Å². The van der Waals surface area contributed by atoms with Gasteiger partial charge in [0, 0.05) is 23.8 Å². The number of fused-ring (bicyclic) bond motifs is 3.